The molecule has 2 aromatic carbocycles. The van der Waals surface area contributed by atoms with Gasteiger partial charge in [-0.15, -0.1) is 0 Å². The third-order valence-corrected chi connectivity index (χ3v) is 12.4. The summed E-state index contributed by atoms with van der Waals surface area (Å²) in [5.41, 5.74) is 6.42. The summed E-state index contributed by atoms with van der Waals surface area (Å²) in [6.45, 7) is 10.9. The maximum absolute atomic E-state index is 10.9. The van der Waals surface area contributed by atoms with Gasteiger partial charge in [-0.3, -0.25) is 40.0 Å². The van der Waals surface area contributed by atoms with Gasteiger partial charge in [-0.1, -0.05) is 63.2 Å². The van der Waals surface area contributed by atoms with Gasteiger partial charge < -0.3 is 35.3 Å². The first-order valence-corrected chi connectivity index (χ1v) is 22.0. The van der Waals surface area contributed by atoms with Gasteiger partial charge in [-0.05, 0) is 87.4 Å². The van der Waals surface area contributed by atoms with Crippen molar-refractivity contribution in [2.75, 3.05) is 25.0 Å². The molecule has 1 radical (unpaired) electrons. The van der Waals surface area contributed by atoms with Gasteiger partial charge in [0.1, 0.15) is 30.0 Å². The van der Waals surface area contributed by atoms with Crippen LogP contribution in [0.15, 0.2) is 128 Å². The number of ketones is 2. The molecule has 0 fully saturated rings. The number of rotatable bonds is 10. The molecule has 1 unspecified atom stereocenters. The third kappa shape index (κ3) is 13.0. The van der Waals surface area contributed by atoms with Gasteiger partial charge in [0.25, 0.3) is 0 Å². The molecule has 0 saturated heterocycles. The molecule has 3 heterocycles. The van der Waals surface area contributed by atoms with Crippen LogP contribution in [-0.2, 0) is 31.8 Å². The monoisotopic (exact) mass is 1050 g/mol. The van der Waals surface area contributed by atoms with Crippen LogP contribution in [0.5, 0.6) is 0 Å². The molecule has 3 aliphatic rings. The molecule has 1 atom stereocenters. The van der Waals surface area contributed by atoms with Crippen molar-refractivity contribution in [1.29, 1.82) is 0 Å². The number of hydrogen-bond donors (Lipinski definition) is 2. The van der Waals surface area contributed by atoms with Crippen molar-refractivity contribution >= 4 is 106 Å². The van der Waals surface area contributed by atoms with Crippen molar-refractivity contribution in [2.45, 2.75) is 39.5 Å². The van der Waals surface area contributed by atoms with Crippen LogP contribution in [0.3, 0.4) is 0 Å². The summed E-state index contributed by atoms with van der Waals surface area (Å²) in [5, 5.41) is 54.7. The summed E-state index contributed by atoms with van der Waals surface area (Å²) < 4.78 is 3.41. The van der Waals surface area contributed by atoms with E-state index in [4.69, 9.17) is 11.6 Å². The fourth-order valence-corrected chi connectivity index (χ4v) is 8.08. The van der Waals surface area contributed by atoms with E-state index in [0.29, 0.717) is 0 Å². The minimum Gasteiger partial charge on any atom is -0.506 e. The van der Waals surface area contributed by atoms with E-state index in [1.165, 1.54) is 52.5 Å². The van der Waals surface area contributed by atoms with E-state index in [1.807, 2.05) is 6.07 Å². The first-order valence-electron chi connectivity index (χ1n) is 19.2. The van der Waals surface area contributed by atoms with Crippen LogP contribution in [0.25, 0.3) is 6.08 Å². The smallest absolute Gasteiger partial charge is 0.319 e. The number of thiazole rings is 2. The van der Waals surface area contributed by atoms with Crippen molar-refractivity contribution in [2.24, 2.45) is 20.4 Å². The second-order valence-corrected chi connectivity index (χ2v) is 16.9. The molecular weight excluding hydrogens is 1010 g/mol. The van der Waals surface area contributed by atoms with Gasteiger partial charge in [0, 0.05) is 96.9 Å². The van der Waals surface area contributed by atoms with Crippen molar-refractivity contribution in [3.8, 4) is 0 Å². The largest absolute Gasteiger partial charge is 0.506 e. The molecule has 18 nitrogen and oxygen atoms in total. The first-order chi connectivity index (χ1) is 30.5. The number of aliphatic hydroxyl groups excluding tert-OH is 2. The summed E-state index contributed by atoms with van der Waals surface area (Å²) in [5.74, 6) is -1.32. The normalized spacial score (nSPS) is 18.2. The van der Waals surface area contributed by atoms with Crippen LogP contribution in [0.1, 0.15) is 45.2 Å². The Morgan fingerprint density at radius 2 is 1.35 bits per heavy atom. The minimum atomic E-state index is -0.583. The third-order valence-electron chi connectivity index (χ3n) is 9.78. The van der Waals surface area contributed by atoms with Gasteiger partial charge in [0.05, 0.1) is 15.3 Å². The summed E-state index contributed by atoms with van der Waals surface area (Å²) in [7, 11) is 2.14. The van der Waals surface area contributed by atoms with Gasteiger partial charge in [-0.25, -0.2) is 0 Å². The predicted octanol–water partition coefficient (Wildman–Crippen LogP) is 7.96. The number of allylic oxidation sites excluding steroid dienone is 7. The minimum absolute atomic E-state index is 0. The number of aliphatic hydroxyl groups is 2. The first kappa shape index (κ1) is 51.5. The molecule has 341 valence electrons. The van der Waals surface area contributed by atoms with Gasteiger partial charge in [0.2, 0.25) is 5.69 Å². The standard InChI is InChI=1S/C24H29BrClN2.2C9H6N4O4S.Co/c1-6-24(4)20-15-18(26)11-13-22(20)27(5)23(24)14-10-17-9-12-19(16-21(17)25)28(7-2)8-3;2*14-5-1-2-6(7(15)3-5)11-12-9-10-4-8(18-9)13(16)17;/h9-16H,6-8H2,1-5H3;2*1-4H,(H2,10,12,14,15);/q+1;;;/p-2. The molecule has 65 heavy (non-hydrogen) atoms. The van der Waals surface area contributed by atoms with Gasteiger partial charge >= 0.3 is 10.0 Å². The molecular formula is C42H39BrClCoN10O8S2-. The Bertz CT molecular complexity index is 2790. The van der Waals surface area contributed by atoms with Crippen LogP contribution in [-0.4, -0.2) is 73.5 Å². The Morgan fingerprint density at radius 3 is 1.78 bits per heavy atom. The van der Waals surface area contributed by atoms with Crippen molar-refractivity contribution in [1.82, 2.24) is 9.97 Å². The number of halogens is 2. The maximum Gasteiger partial charge on any atom is 0.319 e. The van der Waals surface area contributed by atoms with Crippen LogP contribution in [0.2, 0.25) is 5.02 Å². The Morgan fingerprint density at radius 1 is 0.831 bits per heavy atom. The van der Waals surface area contributed by atoms with E-state index in [1.54, 1.807) is 0 Å². The number of nitro groups is 2. The average molecular weight is 1050 g/mol. The number of carbonyl (C=O) groups excluding carboxylic acids is 2. The average Bonchev–Trinajstić information content (AvgIpc) is 3.99. The zero-order chi connectivity index (χ0) is 46.7. The molecule has 2 aromatic heterocycles. The molecule has 7 rings (SSSR count). The number of fused-ring (bicyclic) bond motifs is 1. The van der Waals surface area contributed by atoms with Crippen LogP contribution in [0.4, 0.5) is 21.4 Å². The molecule has 0 saturated carbocycles. The molecule has 0 spiro atoms. The van der Waals surface area contributed by atoms with E-state index >= 15 is 0 Å². The molecule has 0 bridgehead atoms. The van der Waals surface area contributed by atoms with E-state index in [0.717, 1.165) is 76.2 Å². The molecule has 2 N–H and O–H groups in total. The Balaban J connectivity index is 0.000000220. The molecule has 23 heteroatoms. The van der Waals surface area contributed by atoms with Crippen molar-refractivity contribution in [3.63, 3.8) is 0 Å². The number of hydrogen-bond acceptors (Lipinski definition) is 15. The van der Waals surface area contributed by atoms with Crippen LogP contribution >= 0.6 is 50.2 Å². The second-order valence-electron chi connectivity index (χ2n) is 13.7. The van der Waals surface area contributed by atoms with Gasteiger partial charge in [-0.2, -0.15) is 4.58 Å². The second kappa shape index (κ2) is 23.1. The zero-order valence-electron chi connectivity index (χ0n) is 35.1. The topological polar surface area (TPSA) is 245 Å². The number of aromatic nitrogens is 2. The van der Waals surface area contributed by atoms with E-state index in [9.17, 15) is 40.0 Å². The van der Waals surface area contributed by atoms with E-state index in [2.05, 4.69) is 133 Å². The SMILES string of the molecule is CCN(CC)c1ccc(/C=C/C2=[N+](C)c3ccc(Cl)cc3C2(C)CC)c(Br)c1.O=C1C=CC(=NN=c2[n-]cc([N+](=O)[O-])s2)C(O)=C1.O=C1C=CC(=NN=c2[n-]cc([N+](=O)[O-])s2)C(O)=C1.[Co]. The van der Waals surface area contributed by atoms with Gasteiger partial charge in [0.15, 0.2) is 17.3 Å². The number of anilines is 1. The maximum atomic E-state index is 10.9. The summed E-state index contributed by atoms with van der Waals surface area (Å²) >= 11 is 11.6. The molecule has 1 aliphatic heterocycles. The Labute approximate surface area is 403 Å². The van der Waals surface area contributed by atoms with Crippen molar-refractivity contribution < 1.29 is 51.0 Å². The Kier molecular flexibility index (Phi) is 18.3. The summed E-state index contributed by atoms with van der Waals surface area (Å²) in [6, 6.07) is 12.8. The fourth-order valence-electron chi connectivity index (χ4n) is 6.30. The zero-order valence-corrected chi connectivity index (χ0v) is 40.1. The summed E-state index contributed by atoms with van der Waals surface area (Å²) in [4.78, 5) is 51.3. The molecule has 2 aliphatic carbocycles. The molecule has 0 amide bonds. The Hall–Kier alpha value is -6.17. The number of nitrogens with zero attached hydrogens (tertiary/aromatic N) is 10. The summed E-state index contributed by atoms with van der Waals surface area (Å²) in [6.07, 6.45) is 14.7. The van der Waals surface area contributed by atoms with Crippen molar-refractivity contribution in [3.05, 3.63) is 153 Å². The number of carbonyl (C=O) groups is 2. The van der Waals surface area contributed by atoms with E-state index in [-0.39, 0.29) is 76.3 Å². The van der Waals surface area contributed by atoms with Crippen LogP contribution in [0, 0.1) is 20.2 Å². The molecule has 4 aromatic rings. The fraction of sp³-hybridized carbons (Fsp3) is 0.214. The predicted molar refractivity (Wildman–Crippen MR) is 251 cm³/mol. The van der Waals surface area contributed by atoms with Crippen LogP contribution < -0.4 is 24.5 Å². The van der Waals surface area contributed by atoms with E-state index < -0.39 is 9.85 Å². The quantitative estimate of drug-likeness (QED) is 0.0668. The number of benzene rings is 2.